The molecule has 1 heterocycles. The first-order valence-corrected chi connectivity index (χ1v) is 14.4. The van der Waals surface area contributed by atoms with Crippen LogP contribution in [0, 0.1) is 0 Å². The summed E-state index contributed by atoms with van der Waals surface area (Å²) in [6.07, 6.45) is 4.75. The van der Waals surface area contributed by atoms with E-state index in [-0.39, 0.29) is 11.3 Å². The third kappa shape index (κ3) is 7.85. The van der Waals surface area contributed by atoms with Gasteiger partial charge in [-0.2, -0.15) is 0 Å². The minimum Gasteiger partial charge on any atom is -0.507 e. The number of ether oxygens (including phenoxy) is 2. The number of ketones is 1. The van der Waals surface area contributed by atoms with Crippen LogP contribution in [0.5, 0.6) is 11.5 Å². The van der Waals surface area contributed by atoms with Gasteiger partial charge >= 0.3 is 0 Å². The lowest BCUT2D eigenvalue weighted by Gasteiger charge is -2.27. The van der Waals surface area contributed by atoms with E-state index < -0.39 is 17.7 Å². The number of aliphatic hydroxyl groups excluding tert-OH is 1. The molecule has 0 aromatic heterocycles. The van der Waals surface area contributed by atoms with E-state index in [1.54, 1.807) is 29.2 Å². The first kappa shape index (κ1) is 30.2. The number of hydrogen-bond acceptors (Lipinski definition) is 6. The fourth-order valence-electron chi connectivity index (χ4n) is 4.74. The standard InChI is InChI=1S/C32H44N2O5/c1-5-9-22-38-26-16-12-24(13-17-26)29-28(30(35)25-14-18-27(19-15-25)39-23-10-6-2)31(36)32(37)34(29)21-11-20-33(7-3)8-4/h12-19,29,35H,5-11,20-23H2,1-4H3/b30-28-. The fourth-order valence-corrected chi connectivity index (χ4v) is 4.74. The molecule has 1 aliphatic rings. The van der Waals surface area contributed by atoms with E-state index in [0.717, 1.165) is 63.1 Å². The highest BCUT2D eigenvalue weighted by atomic mass is 16.5. The largest absolute Gasteiger partial charge is 0.507 e. The van der Waals surface area contributed by atoms with Gasteiger partial charge in [-0.15, -0.1) is 0 Å². The predicted molar refractivity (Wildman–Crippen MR) is 155 cm³/mol. The van der Waals surface area contributed by atoms with Crippen molar-refractivity contribution >= 4 is 17.4 Å². The van der Waals surface area contributed by atoms with Gasteiger partial charge in [0, 0.05) is 12.1 Å². The highest BCUT2D eigenvalue weighted by Gasteiger charge is 2.45. The van der Waals surface area contributed by atoms with Gasteiger partial charge in [-0.25, -0.2) is 0 Å². The second kappa shape index (κ2) is 15.3. The molecule has 7 nitrogen and oxygen atoms in total. The molecular formula is C32H44N2O5. The van der Waals surface area contributed by atoms with Crippen molar-refractivity contribution < 1.29 is 24.2 Å². The Hall–Kier alpha value is -3.32. The lowest BCUT2D eigenvalue weighted by molar-refractivity contribution is -0.140. The number of nitrogens with zero attached hydrogens (tertiary/aromatic N) is 2. The average Bonchev–Trinajstić information content (AvgIpc) is 3.21. The molecule has 1 amide bonds. The summed E-state index contributed by atoms with van der Waals surface area (Å²) in [4.78, 5) is 30.5. The van der Waals surface area contributed by atoms with Crippen LogP contribution in [0.4, 0.5) is 0 Å². The SMILES string of the molecule is CCCCOc1ccc(/C(O)=C2/C(=O)C(=O)N(CCCN(CC)CC)C2c2ccc(OCCCC)cc2)cc1. The molecule has 0 bridgehead atoms. The Kier molecular flexibility index (Phi) is 11.9. The number of carbonyl (C=O) groups is 2. The maximum atomic E-state index is 13.3. The van der Waals surface area contributed by atoms with E-state index in [1.807, 2.05) is 24.3 Å². The van der Waals surface area contributed by atoms with Crippen molar-refractivity contribution in [3.63, 3.8) is 0 Å². The summed E-state index contributed by atoms with van der Waals surface area (Å²) in [7, 11) is 0. The van der Waals surface area contributed by atoms with E-state index in [4.69, 9.17) is 9.47 Å². The molecule has 0 spiro atoms. The normalized spacial score (nSPS) is 16.7. The van der Waals surface area contributed by atoms with Crippen molar-refractivity contribution in [2.24, 2.45) is 0 Å². The summed E-state index contributed by atoms with van der Waals surface area (Å²) in [5.41, 5.74) is 1.35. The fraction of sp³-hybridized carbons (Fsp3) is 0.500. The Balaban J connectivity index is 1.93. The number of amides is 1. The van der Waals surface area contributed by atoms with Gasteiger partial charge in [-0.05, 0) is 80.9 Å². The number of hydrogen-bond donors (Lipinski definition) is 1. The lowest BCUT2D eigenvalue weighted by atomic mass is 9.95. The van der Waals surface area contributed by atoms with Crippen molar-refractivity contribution in [1.29, 1.82) is 0 Å². The molecule has 2 aromatic carbocycles. The maximum Gasteiger partial charge on any atom is 0.295 e. The minimum absolute atomic E-state index is 0.113. The number of benzene rings is 2. The van der Waals surface area contributed by atoms with Crippen molar-refractivity contribution in [1.82, 2.24) is 9.80 Å². The first-order valence-electron chi connectivity index (χ1n) is 14.4. The van der Waals surface area contributed by atoms with Gasteiger partial charge in [0.05, 0.1) is 24.8 Å². The van der Waals surface area contributed by atoms with Crippen molar-refractivity contribution in [2.75, 3.05) is 39.4 Å². The van der Waals surface area contributed by atoms with Crippen LogP contribution in [0.25, 0.3) is 5.76 Å². The van der Waals surface area contributed by atoms with Gasteiger partial charge in [0.2, 0.25) is 0 Å². The number of unbranched alkanes of at least 4 members (excludes halogenated alkanes) is 2. The van der Waals surface area contributed by atoms with Crippen LogP contribution < -0.4 is 9.47 Å². The second-order valence-electron chi connectivity index (χ2n) is 9.87. The first-order chi connectivity index (χ1) is 18.9. The van der Waals surface area contributed by atoms with Crippen LogP contribution >= 0.6 is 0 Å². The Morgan fingerprint density at radius 2 is 1.36 bits per heavy atom. The smallest absolute Gasteiger partial charge is 0.295 e. The summed E-state index contributed by atoms with van der Waals surface area (Å²) in [5, 5.41) is 11.4. The summed E-state index contributed by atoms with van der Waals surface area (Å²) >= 11 is 0. The van der Waals surface area contributed by atoms with Crippen molar-refractivity contribution in [3.8, 4) is 11.5 Å². The van der Waals surface area contributed by atoms with E-state index in [9.17, 15) is 14.7 Å². The van der Waals surface area contributed by atoms with Gasteiger partial charge in [-0.3, -0.25) is 9.59 Å². The highest BCUT2D eigenvalue weighted by molar-refractivity contribution is 6.46. The summed E-state index contributed by atoms with van der Waals surface area (Å²) in [5.74, 6) is 0.0279. The second-order valence-corrected chi connectivity index (χ2v) is 9.87. The molecule has 0 aliphatic carbocycles. The Bertz CT molecular complexity index is 1090. The van der Waals surface area contributed by atoms with Crippen molar-refractivity contribution in [3.05, 3.63) is 65.2 Å². The minimum atomic E-state index is -0.674. The van der Waals surface area contributed by atoms with Crippen LogP contribution in [0.3, 0.4) is 0 Å². The molecule has 2 aromatic rings. The summed E-state index contributed by atoms with van der Waals surface area (Å²) in [6.45, 7) is 12.8. The maximum absolute atomic E-state index is 13.3. The molecule has 39 heavy (non-hydrogen) atoms. The molecule has 7 heteroatoms. The molecule has 212 valence electrons. The van der Waals surface area contributed by atoms with E-state index in [2.05, 4.69) is 32.6 Å². The Morgan fingerprint density at radius 3 is 1.87 bits per heavy atom. The molecule has 1 unspecified atom stereocenters. The molecule has 1 atom stereocenters. The summed E-state index contributed by atoms with van der Waals surface area (Å²) in [6, 6.07) is 13.8. The average molecular weight is 537 g/mol. The van der Waals surface area contributed by atoms with Crippen LogP contribution in [-0.4, -0.2) is 66.0 Å². The molecule has 0 saturated carbocycles. The van der Waals surface area contributed by atoms with Gasteiger partial charge in [-0.1, -0.05) is 52.7 Å². The number of likely N-dealkylation sites (tertiary alicyclic amines) is 1. The predicted octanol–water partition coefficient (Wildman–Crippen LogP) is 6.20. The third-order valence-electron chi connectivity index (χ3n) is 7.16. The van der Waals surface area contributed by atoms with E-state index in [1.165, 1.54) is 0 Å². The van der Waals surface area contributed by atoms with Crippen LogP contribution in [0.1, 0.15) is 77.0 Å². The van der Waals surface area contributed by atoms with Crippen LogP contribution in [0.2, 0.25) is 0 Å². The Labute approximate surface area is 233 Å². The number of Topliss-reactive ketones (excluding diaryl/α,β-unsaturated/α-hetero) is 1. The van der Waals surface area contributed by atoms with Crippen LogP contribution in [-0.2, 0) is 9.59 Å². The highest BCUT2D eigenvalue weighted by Crippen LogP contribution is 2.40. The number of carbonyl (C=O) groups excluding carboxylic acids is 2. The molecule has 1 N–H and O–H groups in total. The van der Waals surface area contributed by atoms with Crippen molar-refractivity contribution in [2.45, 2.75) is 65.8 Å². The van der Waals surface area contributed by atoms with Gasteiger partial charge in [0.1, 0.15) is 17.3 Å². The van der Waals surface area contributed by atoms with Gasteiger partial charge in [0.25, 0.3) is 11.7 Å². The van der Waals surface area contributed by atoms with E-state index in [0.29, 0.717) is 31.1 Å². The van der Waals surface area contributed by atoms with Gasteiger partial charge < -0.3 is 24.4 Å². The lowest BCUT2D eigenvalue weighted by Crippen LogP contribution is -2.33. The number of rotatable bonds is 16. The van der Waals surface area contributed by atoms with E-state index >= 15 is 0 Å². The molecule has 3 rings (SSSR count). The molecule has 0 radical (unpaired) electrons. The molecule has 1 fully saturated rings. The zero-order valence-electron chi connectivity index (χ0n) is 23.9. The quantitative estimate of drug-likeness (QED) is 0.119. The van der Waals surface area contributed by atoms with Gasteiger partial charge in [0.15, 0.2) is 0 Å². The Morgan fingerprint density at radius 1 is 0.821 bits per heavy atom. The monoisotopic (exact) mass is 536 g/mol. The molecule has 1 aliphatic heterocycles. The third-order valence-corrected chi connectivity index (χ3v) is 7.16. The zero-order chi connectivity index (χ0) is 28.2. The summed E-state index contributed by atoms with van der Waals surface area (Å²) < 4.78 is 11.6. The van der Waals surface area contributed by atoms with Crippen LogP contribution in [0.15, 0.2) is 54.1 Å². The molecule has 1 saturated heterocycles. The molecular weight excluding hydrogens is 492 g/mol. The zero-order valence-corrected chi connectivity index (χ0v) is 23.9. The topological polar surface area (TPSA) is 79.3 Å². The number of aliphatic hydroxyl groups is 1.